The molecule has 1 aromatic rings. The molecule has 2 nitrogen and oxygen atoms in total. The number of rotatable bonds is 3. The van der Waals surface area contributed by atoms with Gasteiger partial charge in [0.2, 0.25) is 0 Å². The van der Waals surface area contributed by atoms with Crippen molar-refractivity contribution in [2.75, 3.05) is 0 Å². The van der Waals surface area contributed by atoms with E-state index in [0.29, 0.717) is 0 Å². The summed E-state index contributed by atoms with van der Waals surface area (Å²) in [4.78, 5) is 9.14. The van der Waals surface area contributed by atoms with Crippen molar-refractivity contribution in [3.63, 3.8) is 0 Å². The summed E-state index contributed by atoms with van der Waals surface area (Å²) in [6.45, 7) is 6.70. The van der Waals surface area contributed by atoms with Gasteiger partial charge in [0.05, 0.1) is 10.4 Å². The molecular weight excluding hydrogens is 204 g/mol. The summed E-state index contributed by atoms with van der Waals surface area (Å²) in [5, 5.41) is 0. The van der Waals surface area contributed by atoms with E-state index in [2.05, 4.69) is 25.8 Å². The molecule has 1 aliphatic rings. The number of unbranched alkanes of at least 4 members (excludes halogenated alkanes) is 1. The van der Waals surface area contributed by atoms with Crippen LogP contribution >= 0.6 is 11.8 Å². The Morgan fingerprint density at radius 3 is 3.00 bits per heavy atom. The largest absolute Gasteiger partial charge is 0.241 e. The molecule has 0 aliphatic carbocycles. The highest BCUT2D eigenvalue weighted by molar-refractivity contribution is 7.99. The fraction of sp³-hybridized carbons (Fsp3) is 0.667. The van der Waals surface area contributed by atoms with Crippen molar-refractivity contribution in [3.8, 4) is 0 Å². The standard InChI is InChI=1S/C12H18N2S/c1-4-5-6-10-13-7-9-8-15-12(2,3)11(9)14-10/h7H,4-6,8H2,1-3H3. The molecule has 0 bridgehead atoms. The lowest BCUT2D eigenvalue weighted by atomic mass is 10.1. The van der Waals surface area contributed by atoms with Gasteiger partial charge in [-0.15, -0.1) is 11.8 Å². The Balaban J connectivity index is 2.25. The highest BCUT2D eigenvalue weighted by atomic mass is 32.2. The minimum Gasteiger partial charge on any atom is -0.241 e. The van der Waals surface area contributed by atoms with E-state index in [1.54, 1.807) is 0 Å². The Bertz CT molecular complexity index is 361. The second-order valence-corrected chi connectivity index (χ2v) is 6.16. The van der Waals surface area contributed by atoms with Gasteiger partial charge in [-0.05, 0) is 20.3 Å². The van der Waals surface area contributed by atoms with Crippen molar-refractivity contribution in [2.24, 2.45) is 0 Å². The lowest BCUT2D eigenvalue weighted by Gasteiger charge is -2.16. The van der Waals surface area contributed by atoms with Crippen molar-refractivity contribution >= 4 is 11.8 Å². The molecule has 15 heavy (non-hydrogen) atoms. The summed E-state index contributed by atoms with van der Waals surface area (Å²) >= 11 is 1.96. The number of thioether (sulfide) groups is 1. The molecular formula is C12H18N2S. The normalized spacial score (nSPS) is 17.8. The predicted octanol–water partition coefficient (Wildman–Crippen LogP) is 3.30. The minimum absolute atomic E-state index is 0.180. The van der Waals surface area contributed by atoms with E-state index in [1.165, 1.54) is 24.1 Å². The Labute approximate surface area is 95.9 Å². The van der Waals surface area contributed by atoms with Gasteiger partial charge in [0.25, 0.3) is 0 Å². The summed E-state index contributed by atoms with van der Waals surface area (Å²) in [5.41, 5.74) is 2.58. The van der Waals surface area contributed by atoms with Crippen LogP contribution in [0.15, 0.2) is 6.20 Å². The van der Waals surface area contributed by atoms with Crippen molar-refractivity contribution in [1.29, 1.82) is 0 Å². The summed E-state index contributed by atoms with van der Waals surface area (Å²) in [6.07, 6.45) is 5.44. The van der Waals surface area contributed by atoms with Crippen LogP contribution in [0.4, 0.5) is 0 Å². The quantitative estimate of drug-likeness (QED) is 0.784. The lowest BCUT2D eigenvalue weighted by molar-refractivity contribution is 0.703. The Hall–Kier alpha value is -0.570. The van der Waals surface area contributed by atoms with Crippen molar-refractivity contribution < 1.29 is 0 Å². The smallest absolute Gasteiger partial charge is 0.128 e. The molecule has 0 saturated heterocycles. The Kier molecular flexibility index (Phi) is 3.01. The summed E-state index contributed by atoms with van der Waals surface area (Å²) in [6, 6.07) is 0. The molecule has 0 saturated carbocycles. The molecule has 3 heteroatoms. The zero-order valence-corrected chi connectivity index (χ0v) is 10.5. The van der Waals surface area contributed by atoms with Crippen LogP contribution in [0.2, 0.25) is 0 Å². The van der Waals surface area contributed by atoms with E-state index < -0.39 is 0 Å². The SMILES string of the molecule is CCCCc1ncc2c(n1)C(C)(C)SC2. The van der Waals surface area contributed by atoms with E-state index >= 15 is 0 Å². The van der Waals surface area contributed by atoms with E-state index in [9.17, 15) is 0 Å². The number of fused-ring (bicyclic) bond motifs is 1. The van der Waals surface area contributed by atoms with Crippen LogP contribution in [0, 0.1) is 0 Å². The van der Waals surface area contributed by atoms with Gasteiger partial charge >= 0.3 is 0 Å². The van der Waals surface area contributed by atoms with E-state index in [4.69, 9.17) is 4.98 Å². The van der Waals surface area contributed by atoms with Crippen LogP contribution in [0.1, 0.15) is 50.7 Å². The fourth-order valence-corrected chi connectivity index (χ4v) is 2.89. The van der Waals surface area contributed by atoms with Crippen LogP contribution in [-0.2, 0) is 16.9 Å². The van der Waals surface area contributed by atoms with Gasteiger partial charge in [0.15, 0.2) is 0 Å². The maximum absolute atomic E-state index is 4.71. The first-order chi connectivity index (χ1) is 7.13. The zero-order valence-electron chi connectivity index (χ0n) is 9.71. The molecule has 2 rings (SSSR count). The average molecular weight is 222 g/mol. The van der Waals surface area contributed by atoms with Crippen LogP contribution in [0.5, 0.6) is 0 Å². The van der Waals surface area contributed by atoms with E-state index in [0.717, 1.165) is 18.0 Å². The van der Waals surface area contributed by atoms with E-state index in [-0.39, 0.29) is 4.75 Å². The molecule has 2 heterocycles. The lowest BCUT2D eigenvalue weighted by Crippen LogP contribution is -2.12. The topological polar surface area (TPSA) is 25.8 Å². The zero-order chi connectivity index (χ0) is 10.9. The number of aromatic nitrogens is 2. The molecule has 0 spiro atoms. The second-order valence-electron chi connectivity index (χ2n) is 4.56. The first-order valence-electron chi connectivity index (χ1n) is 5.62. The maximum Gasteiger partial charge on any atom is 0.128 e. The fourth-order valence-electron chi connectivity index (χ4n) is 1.85. The first kappa shape index (κ1) is 10.9. The third kappa shape index (κ3) is 2.17. The monoisotopic (exact) mass is 222 g/mol. The van der Waals surface area contributed by atoms with Crippen molar-refractivity contribution in [2.45, 2.75) is 50.5 Å². The molecule has 1 aromatic heterocycles. The van der Waals surface area contributed by atoms with Crippen molar-refractivity contribution in [1.82, 2.24) is 9.97 Å². The molecule has 0 unspecified atom stereocenters. The number of hydrogen-bond donors (Lipinski definition) is 0. The summed E-state index contributed by atoms with van der Waals surface area (Å²) in [5.74, 6) is 2.09. The summed E-state index contributed by atoms with van der Waals surface area (Å²) in [7, 11) is 0. The molecule has 0 fully saturated rings. The number of hydrogen-bond acceptors (Lipinski definition) is 3. The van der Waals surface area contributed by atoms with Gasteiger partial charge in [-0.3, -0.25) is 0 Å². The second kappa shape index (κ2) is 4.12. The molecule has 1 aliphatic heterocycles. The highest BCUT2D eigenvalue weighted by Crippen LogP contribution is 2.44. The van der Waals surface area contributed by atoms with Crippen LogP contribution in [0.25, 0.3) is 0 Å². The van der Waals surface area contributed by atoms with Gasteiger partial charge in [0, 0.05) is 23.9 Å². The predicted molar refractivity (Wildman–Crippen MR) is 65.0 cm³/mol. The van der Waals surface area contributed by atoms with E-state index in [1.807, 2.05) is 18.0 Å². The van der Waals surface area contributed by atoms with Crippen LogP contribution < -0.4 is 0 Å². The van der Waals surface area contributed by atoms with Gasteiger partial charge < -0.3 is 0 Å². The van der Waals surface area contributed by atoms with Gasteiger partial charge in [-0.1, -0.05) is 13.3 Å². The van der Waals surface area contributed by atoms with Gasteiger partial charge in [-0.2, -0.15) is 0 Å². The number of nitrogens with zero attached hydrogens (tertiary/aromatic N) is 2. The Morgan fingerprint density at radius 1 is 1.47 bits per heavy atom. The molecule has 82 valence electrons. The summed E-state index contributed by atoms with van der Waals surface area (Å²) < 4.78 is 0.180. The van der Waals surface area contributed by atoms with Crippen LogP contribution in [-0.4, -0.2) is 9.97 Å². The average Bonchev–Trinajstić information content (AvgIpc) is 2.52. The van der Waals surface area contributed by atoms with Gasteiger partial charge in [0.1, 0.15) is 5.82 Å². The Morgan fingerprint density at radius 2 is 2.27 bits per heavy atom. The molecule has 0 N–H and O–H groups in total. The van der Waals surface area contributed by atoms with Crippen molar-refractivity contribution in [3.05, 3.63) is 23.3 Å². The van der Waals surface area contributed by atoms with Crippen LogP contribution in [0.3, 0.4) is 0 Å². The molecule has 0 amide bonds. The molecule has 0 radical (unpaired) electrons. The highest BCUT2D eigenvalue weighted by Gasteiger charge is 2.32. The minimum atomic E-state index is 0.180. The maximum atomic E-state index is 4.71. The third-order valence-corrected chi connectivity index (χ3v) is 4.20. The first-order valence-corrected chi connectivity index (χ1v) is 6.61. The number of aryl methyl sites for hydroxylation is 1. The molecule has 0 atom stereocenters. The molecule has 0 aromatic carbocycles. The van der Waals surface area contributed by atoms with Gasteiger partial charge in [-0.25, -0.2) is 9.97 Å². The third-order valence-electron chi connectivity index (χ3n) is 2.83.